The fourth-order valence-electron chi connectivity index (χ4n) is 1.65. The van der Waals surface area contributed by atoms with Crippen LogP contribution in [0.4, 0.5) is 0 Å². The highest BCUT2D eigenvalue weighted by atomic mass is 16.5. The summed E-state index contributed by atoms with van der Waals surface area (Å²) in [4.78, 5) is 33.9. The van der Waals surface area contributed by atoms with E-state index in [9.17, 15) is 19.5 Å². The molecule has 0 bridgehead atoms. The van der Waals surface area contributed by atoms with Gasteiger partial charge in [0.2, 0.25) is 0 Å². The van der Waals surface area contributed by atoms with E-state index in [4.69, 9.17) is 13.9 Å². The van der Waals surface area contributed by atoms with E-state index in [2.05, 4.69) is 4.74 Å². The van der Waals surface area contributed by atoms with Crippen LogP contribution in [0.5, 0.6) is 5.75 Å². The summed E-state index contributed by atoms with van der Waals surface area (Å²) in [6.45, 7) is 0.324. The normalized spacial score (nSPS) is 10.5. The smallest absolute Gasteiger partial charge is 0.346 e. The average molecular weight is 312 g/mol. The van der Waals surface area contributed by atoms with Crippen LogP contribution in [-0.2, 0) is 32.3 Å². The molecule has 0 radical (unpaired) electrons. The second-order valence-electron chi connectivity index (χ2n) is 4.04. The lowest BCUT2D eigenvalue weighted by molar-refractivity contribution is -0.142. The number of aliphatic hydroxyl groups excluding tert-OH is 1. The number of ether oxygens (including phenoxy) is 3. The fraction of sp³-hybridized carbons (Fsp3) is 0.357. The van der Waals surface area contributed by atoms with Crippen LogP contribution in [0.2, 0.25) is 0 Å². The molecule has 0 aromatic carbocycles. The third-order valence-corrected chi connectivity index (χ3v) is 2.65. The molecule has 0 saturated carbocycles. The molecule has 1 heterocycles. The number of rotatable bonds is 6. The van der Waals surface area contributed by atoms with Crippen LogP contribution >= 0.6 is 0 Å². The van der Waals surface area contributed by atoms with Crippen molar-refractivity contribution in [1.29, 1.82) is 0 Å². The fourth-order valence-corrected chi connectivity index (χ4v) is 1.65. The Bertz CT molecular complexity index is 641. The Hall–Kier alpha value is -2.61. The van der Waals surface area contributed by atoms with E-state index in [0.29, 0.717) is 0 Å². The second-order valence-corrected chi connectivity index (χ2v) is 4.04. The molecule has 0 saturated heterocycles. The Morgan fingerprint density at radius 3 is 2.45 bits per heavy atom. The molecule has 8 nitrogen and oxygen atoms in total. The first kappa shape index (κ1) is 17.4. The van der Waals surface area contributed by atoms with Crippen LogP contribution in [0, 0.1) is 0 Å². The van der Waals surface area contributed by atoms with Gasteiger partial charge in [-0.1, -0.05) is 0 Å². The van der Waals surface area contributed by atoms with Crippen LogP contribution < -0.4 is 10.4 Å². The molecule has 1 rings (SSSR count). The minimum Gasteiger partial charge on any atom is -0.496 e. The lowest BCUT2D eigenvalue weighted by Gasteiger charge is -2.12. The highest BCUT2D eigenvalue weighted by molar-refractivity contribution is 5.86. The van der Waals surface area contributed by atoms with Gasteiger partial charge in [0.25, 0.3) is 0 Å². The number of hydrogen-bond donors (Lipinski definition) is 1. The van der Waals surface area contributed by atoms with Gasteiger partial charge in [0.15, 0.2) is 0 Å². The maximum Gasteiger partial charge on any atom is 0.346 e. The molecule has 0 aliphatic rings. The number of carbonyl (C=O) groups excluding carboxylic acids is 2. The van der Waals surface area contributed by atoms with Crippen LogP contribution in [-0.4, -0.2) is 31.3 Å². The third kappa shape index (κ3) is 4.19. The standard InChI is InChI=1S/C14H16O8/c1-8(16)21-7-10-13(20-3)9(6-15)11(22-14(10)18)4-5-12(17)19-2/h4-5,15H,6-7H2,1-3H3. The van der Waals surface area contributed by atoms with E-state index < -0.39 is 24.2 Å². The van der Waals surface area contributed by atoms with Gasteiger partial charge in [-0.2, -0.15) is 0 Å². The Morgan fingerprint density at radius 2 is 1.95 bits per heavy atom. The van der Waals surface area contributed by atoms with Gasteiger partial charge in [-0.3, -0.25) is 4.79 Å². The highest BCUT2D eigenvalue weighted by Gasteiger charge is 2.20. The molecule has 1 aromatic heterocycles. The summed E-state index contributed by atoms with van der Waals surface area (Å²) >= 11 is 0. The summed E-state index contributed by atoms with van der Waals surface area (Å²) in [6.07, 6.45) is 2.21. The summed E-state index contributed by atoms with van der Waals surface area (Å²) in [5, 5.41) is 9.45. The molecule has 0 aliphatic carbocycles. The van der Waals surface area contributed by atoms with E-state index in [1.807, 2.05) is 0 Å². The first-order valence-electron chi connectivity index (χ1n) is 6.17. The molecular formula is C14H16O8. The highest BCUT2D eigenvalue weighted by Crippen LogP contribution is 2.26. The zero-order valence-corrected chi connectivity index (χ0v) is 12.4. The molecule has 0 spiro atoms. The Kier molecular flexibility index (Phi) is 6.33. The molecule has 0 unspecified atom stereocenters. The minimum atomic E-state index is -0.806. The molecule has 0 aliphatic heterocycles. The van der Waals surface area contributed by atoms with Gasteiger partial charge in [-0.25, -0.2) is 9.59 Å². The zero-order valence-electron chi connectivity index (χ0n) is 12.4. The van der Waals surface area contributed by atoms with Gasteiger partial charge in [0, 0.05) is 13.0 Å². The summed E-state index contributed by atoms with van der Waals surface area (Å²) < 4.78 is 19.3. The predicted molar refractivity (Wildman–Crippen MR) is 74.0 cm³/mol. The number of aliphatic hydroxyl groups is 1. The van der Waals surface area contributed by atoms with Crippen molar-refractivity contribution in [3.8, 4) is 5.75 Å². The first-order chi connectivity index (χ1) is 10.4. The van der Waals surface area contributed by atoms with Crippen LogP contribution in [0.1, 0.15) is 23.8 Å². The van der Waals surface area contributed by atoms with Crippen molar-refractivity contribution in [3.63, 3.8) is 0 Å². The van der Waals surface area contributed by atoms with Gasteiger partial charge in [-0.15, -0.1) is 0 Å². The zero-order chi connectivity index (χ0) is 16.7. The Labute approximate surface area is 125 Å². The average Bonchev–Trinajstić information content (AvgIpc) is 2.50. The lowest BCUT2D eigenvalue weighted by Crippen LogP contribution is -2.16. The van der Waals surface area contributed by atoms with Crippen molar-refractivity contribution in [2.24, 2.45) is 0 Å². The summed E-state index contributed by atoms with van der Waals surface area (Å²) in [5.74, 6) is -1.26. The summed E-state index contributed by atoms with van der Waals surface area (Å²) in [7, 11) is 2.48. The third-order valence-electron chi connectivity index (χ3n) is 2.65. The van der Waals surface area contributed by atoms with Gasteiger partial charge < -0.3 is 23.7 Å². The molecule has 1 aromatic rings. The number of esters is 2. The second kappa shape index (κ2) is 7.99. The number of carbonyl (C=O) groups is 2. The van der Waals surface area contributed by atoms with Crippen molar-refractivity contribution < 1.29 is 33.3 Å². The topological polar surface area (TPSA) is 112 Å². The van der Waals surface area contributed by atoms with Crippen molar-refractivity contribution in [1.82, 2.24) is 0 Å². The van der Waals surface area contributed by atoms with E-state index in [1.165, 1.54) is 27.2 Å². The molecule has 8 heteroatoms. The lowest BCUT2D eigenvalue weighted by atomic mass is 10.1. The van der Waals surface area contributed by atoms with Crippen molar-refractivity contribution in [2.75, 3.05) is 14.2 Å². The van der Waals surface area contributed by atoms with E-state index in [-0.39, 0.29) is 29.2 Å². The molecule has 0 atom stereocenters. The molecule has 120 valence electrons. The largest absolute Gasteiger partial charge is 0.496 e. The van der Waals surface area contributed by atoms with E-state index in [1.54, 1.807) is 0 Å². The monoisotopic (exact) mass is 312 g/mol. The van der Waals surface area contributed by atoms with Crippen molar-refractivity contribution >= 4 is 18.0 Å². The quantitative estimate of drug-likeness (QED) is 0.593. The van der Waals surface area contributed by atoms with Gasteiger partial charge in [0.05, 0.1) is 26.4 Å². The molecule has 1 N–H and O–H groups in total. The van der Waals surface area contributed by atoms with Crippen molar-refractivity contribution in [3.05, 3.63) is 33.4 Å². The van der Waals surface area contributed by atoms with Gasteiger partial charge >= 0.3 is 17.6 Å². The van der Waals surface area contributed by atoms with Gasteiger partial charge in [-0.05, 0) is 6.08 Å². The van der Waals surface area contributed by atoms with Crippen molar-refractivity contribution in [2.45, 2.75) is 20.1 Å². The molecular weight excluding hydrogens is 296 g/mol. The van der Waals surface area contributed by atoms with E-state index >= 15 is 0 Å². The van der Waals surface area contributed by atoms with Crippen LogP contribution in [0.25, 0.3) is 6.08 Å². The predicted octanol–water partition coefficient (Wildman–Crippen LogP) is 0.390. The van der Waals surface area contributed by atoms with Crippen LogP contribution in [0.15, 0.2) is 15.3 Å². The Morgan fingerprint density at radius 1 is 1.27 bits per heavy atom. The first-order valence-corrected chi connectivity index (χ1v) is 6.17. The molecule has 0 amide bonds. The van der Waals surface area contributed by atoms with Gasteiger partial charge in [0.1, 0.15) is 23.7 Å². The molecule has 0 fully saturated rings. The van der Waals surface area contributed by atoms with E-state index in [0.717, 1.165) is 6.08 Å². The Balaban J connectivity index is 3.35. The maximum atomic E-state index is 11.9. The van der Waals surface area contributed by atoms with Crippen LogP contribution in [0.3, 0.4) is 0 Å². The molecule has 22 heavy (non-hydrogen) atoms. The minimum absolute atomic E-state index is 0.0320. The number of methoxy groups -OCH3 is 2. The number of hydrogen-bond acceptors (Lipinski definition) is 8. The SMILES string of the molecule is COC(=O)C=Cc1oc(=O)c(COC(C)=O)c(OC)c1CO. The summed E-state index contributed by atoms with van der Waals surface area (Å²) in [5.41, 5.74) is -0.707. The maximum absolute atomic E-state index is 11.9. The summed E-state index contributed by atoms with van der Waals surface area (Å²) in [6, 6.07) is 0.